The molecule has 1 aliphatic rings. The van der Waals surface area contributed by atoms with Crippen LogP contribution in [0.5, 0.6) is 5.75 Å². The van der Waals surface area contributed by atoms with E-state index in [0.29, 0.717) is 35.7 Å². The van der Waals surface area contributed by atoms with Gasteiger partial charge in [0.2, 0.25) is 17.7 Å². The zero-order valence-corrected chi connectivity index (χ0v) is 16.7. The number of hydrogen-bond acceptors (Lipinski definition) is 4. The van der Waals surface area contributed by atoms with E-state index in [-0.39, 0.29) is 23.8 Å². The van der Waals surface area contributed by atoms with E-state index < -0.39 is 5.41 Å². The Balaban J connectivity index is 1.71. The summed E-state index contributed by atoms with van der Waals surface area (Å²) in [5.41, 5.74) is 0.528. The van der Waals surface area contributed by atoms with Crippen LogP contribution in [-0.4, -0.2) is 23.8 Å². The van der Waals surface area contributed by atoms with Gasteiger partial charge in [0.1, 0.15) is 11.2 Å². The van der Waals surface area contributed by atoms with Crippen molar-refractivity contribution in [1.82, 2.24) is 0 Å². The highest BCUT2D eigenvalue weighted by Gasteiger charge is 2.56. The van der Waals surface area contributed by atoms with Gasteiger partial charge in [0, 0.05) is 18.3 Å². The normalized spacial score (nSPS) is 14.1. The van der Waals surface area contributed by atoms with Crippen LogP contribution >= 0.6 is 0 Å². The number of rotatable bonds is 7. The Morgan fingerprint density at radius 2 is 1.52 bits per heavy atom. The monoisotopic (exact) mass is 395 g/mol. The van der Waals surface area contributed by atoms with Crippen LogP contribution in [0.25, 0.3) is 0 Å². The zero-order chi connectivity index (χ0) is 21.0. The molecule has 0 aromatic heterocycles. The third kappa shape index (κ3) is 4.93. The molecule has 0 saturated heterocycles. The Labute approximate surface area is 169 Å². The second-order valence-electron chi connectivity index (χ2n) is 7.42. The highest BCUT2D eigenvalue weighted by atomic mass is 16.5. The predicted octanol–water partition coefficient (Wildman–Crippen LogP) is 3.79. The van der Waals surface area contributed by atoms with E-state index in [4.69, 9.17) is 4.74 Å². The highest BCUT2D eigenvalue weighted by Crippen LogP contribution is 2.48. The number of hydrogen-bond donors (Lipinski definition) is 3. The molecule has 29 heavy (non-hydrogen) atoms. The van der Waals surface area contributed by atoms with Crippen molar-refractivity contribution in [3.63, 3.8) is 0 Å². The lowest BCUT2D eigenvalue weighted by Crippen LogP contribution is -2.35. The van der Waals surface area contributed by atoms with Crippen LogP contribution in [-0.2, 0) is 14.4 Å². The molecule has 1 fully saturated rings. The van der Waals surface area contributed by atoms with Gasteiger partial charge in [0.05, 0.1) is 11.8 Å². The molecule has 2 aromatic carbocycles. The van der Waals surface area contributed by atoms with Crippen LogP contribution in [0.15, 0.2) is 48.5 Å². The Hall–Kier alpha value is -3.35. The minimum atomic E-state index is -1.10. The van der Waals surface area contributed by atoms with Gasteiger partial charge in [-0.25, -0.2) is 0 Å². The van der Waals surface area contributed by atoms with Crippen LogP contribution in [0.2, 0.25) is 0 Å². The molecule has 0 unspecified atom stereocenters. The number of ether oxygens (including phenoxy) is 1. The molecule has 0 heterocycles. The molecule has 3 amide bonds. The first kappa shape index (κ1) is 20.4. The Kier molecular flexibility index (Phi) is 5.87. The summed E-state index contributed by atoms with van der Waals surface area (Å²) in [4.78, 5) is 36.9. The SMILES string of the molecule is CC(=O)Nc1cccc(NC(=O)C2(C(=O)Nc3ccccc3OC(C)C)CC2)c1. The molecular formula is C22H25N3O4. The average Bonchev–Trinajstić information content (AvgIpc) is 3.45. The molecule has 3 rings (SSSR count). The van der Waals surface area contributed by atoms with Crippen LogP contribution < -0.4 is 20.7 Å². The zero-order valence-electron chi connectivity index (χ0n) is 16.7. The van der Waals surface area contributed by atoms with E-state index in [0.717, 1.165) is 0 Å². The van der Waals surface area contributed by atoms with E-state index in [1.165, 1.54) is 6.92 Å². The van der Waals surface area contributed by atoms with Crippen molar-refractivity contribution in [1.29, 1.82) is 0 Å². The van der Waals surface area contributed by atoms with Gasteiger partial charge in [-0.15, -0.1) is 0 Å². The topological polar surface area (TPSA) is 96.5 Å². The van der Waals surface area contributed by atoms with Gasteiger partial charge < -0.3 is 20.7 Å². The van der Waals surface area contributed by atoms with Crippen molar-refractivity contribution < 1.29 is 19.1 Å². The number of para-hydroxylation sites is 2. The molecule has 2 aromatic rings. The Bertz CT molecular complexity index is 935. The second kappa shape index (κ2) is 8.34. The van der Waals surface area contributed by atoms with Gasteiger partial charge in [-0.1, -0.05) is 18.2 Å². The fourth-order valence-electron chi connectivity index (χ4n) is 2.98. The lowest BCUT2D eigenvalue weighted by Gasteiger charge is -2.18. The smallest absolute Gasteiger partial charge is 0.240 e. The molecule has 0 aliphatic heterocycles. The summed E-state index contributed by atoms with van der Waals surface area (Å²) in [6.07, 6.45) is 0.911. The minimum Gasteiger partial charge on any atom is -0.489 e. The molecule has 7 nitrogen and oxygen atoms in total. The number of nitrogens with one attached hydrogen (secondary N) is 3. The molecule has 0 spiro atoms. The minimum absolute atomic E-state index is 0.0397. The largest absolute Gasteiger partial charge is 0.489 e. The highest BCUT2D eigenvalue weighted by molar-refractivity contribution is 6.17. The fourth-order valence-corrected chi connectivity index (χ4v) is 2.98. The van der Waals surface area contributed by atoms with Crippen molar-refractivity contribution >= 4 is 34.8 Å². The van der Waals surface area contributed by atoms with Crippen molar-refractivity contribution in [2.24, 2.45) is 5.41 Å². The number of amides is 3. The maximum absolute atomic E-state index is 12.9. The van der Waals surface area contributed by atoms with Gasteiger partial charge >= 0.3 is 0 Å². The van der Waals surface area contributed by atoms with E-state index in [2.05, 4.69) is 16.0 Å². The summed E-state index contributed by atoms with van der Waals surface area (Å²) in [5.74, 6) is -0.353. The molecule has 1 aliphatic carbocycles. The lowest BCUT2D eigenvalue weighted by atomic mass is 10.0. The van der Waals surface area contributed by atoms with E-state index in [1.54, 1.807) is 42.5 Å². The number of anilines is 3. The van der Waals surface area contributed by atoms with Crippen molar-refractivity contribution in [2.75, 3.05) is 16.0 Å². The van der Waals surface area contributed by atoms with Crippen LogP contribution in [0.4, 0.5) is 17.1 Å². The van der Waals surface area contributed by atoms with Gasteiger partial charge in [-0.2, -0.15) is 0 Å². The fraction of sp³-hybridized carbons (Fsp3) is 0.318. The summed E-state index contributed by atoms with van der Waals surface area (Å²) in [7, 11) is 0. The summed E-state index contributed by atoms with van der Waals surface area (Å²) in [5, 5.41) is 8.30. The van der Waals surface area contributed by atoms with E-state index in [1.807, 2.05) is 19.9 Å². The molecule has 0 bridgehead atoms. The van der Waals surface area contributed by atoms with Crippen LogP contribution in [0.1, 0.15) is 33.6 Å². The second-order valence-corrected chi connectivity index (χ2v) is 7.42. The quantitative estimate of drug-likeness (QED) is 0.622. The van der Waals surface area contributed by atoms with Crippen molar-refractivity contribution in [3.05, 3.63) is 48.5 Å². The Morgan fingerprint density at radius 1 is 0.897 bits per heavy atom. The lowest BCUT2D eigenvalue weighted by molar-refractivity contribution is -0.131. The first-order valence-electron chi connectivity index (χ1n) is 9.56. The standard InChI is InChI=1S/C22H25N3O4/c1-14(2)29-19-10-5-4-9-18(19)25-21(28)22(11-12-22)20(27)24-17-8-6-7-16(13-17)23-15(3)26/h4-10,13-14H,11-12H2,1-3H3,(H,23,26)(H,24,27)(H,25,28). The van der Waals surface area contributed by atoms with Gasteiger partial charge in [0.25, 0.3) is 0 Å². The average molecular weight is 395 g/mol. The van der Waals surface area contributed by atoms with Gasteiger partial charge in [-0.3, -0.25) is 14.4 Å². The molecule has 3 N–H and O–H groups in total. The van der Waals surface area contributed by atoms with Crippen LogP contribution in [0, 0.1) is 5.41 Å². The maximum atomic E-state index is 12.9. The molecule has 0 atom stereocenters. The van der Waals surface area contributed by atoms with Crippen molar-refractivity contribution in [2.45, 2.75) is 39.7 Å². The summed E-state index contributed by atoms with van der Waals surface area (Å²) in [6, 6.07) is 14.0. The summed E-state index contributed by atoms with van der Waals surface area (Å²) >= 11 is 0. The summed E-state index contributed by atoms with van der Waals surface area (Å²) in [6.45, 7) is 5.22. The van der Waals surface area contributed by atoms with Crippen molar-refractivity contribution in [3.8, 4) is 5.75 Å². The molecule has 0 radical (unpaired) electrons. The number of benzene rings is 2. The van der Waals surface area contributed by atoms with E-state index in [9.17, 15) is 14.4 Å². The predicted molar refractivity (Wildman–Crippen MR) is 112 cm³/mol. The van der Waals surface area contributed by atoms with Crippen LogP contribution in [0.3, 0.4) is 0 Å². The molecule has 1 saturated carbocycles. The number of carbonyl (C=O) groups is 3. The molecule has 152 valence electrons. The van der Waals surface area contributed by atoms with E-state index >= 15 is 0 Å². The summed E-state index contributed by atoms with van der Waals surface area (Å²) < 4.78 is 5.73. The third-order valence-electron chi connectivity index (χ3n) is 4.56. The van der Waals surface area contributed by atoms with Gasteiger partial charge in [-0.05, 0) is 57.0 Å². The first-order valence-corrected chi connectivity index (χ1v) is 9.56. The Morgan fingerprint density at radius 3 is 2.14 bits per heavy atom. The molecule has 7 heteroatoms. The maximum Gasteiger partial charge on any atom is 0.240 e. The van der Waals surface area contributed by atoms with Gasteiger partial charge in [0.15, 0.2) is 0 Å². The third-order valence-corrected chi connectivity index (χ3v) is 4.56. The molecular weight excluding hydrogens is 370 g/mol. The first-order chi connectivity index (χ1) is 13.8. The number of carbonyl (C=O) groups excluding carboxylic acids is 3.